The van der Waals surface area contributed by atoms with Gasteiger partial charge in [0.15, 0.2) is 19.4 Å². The first-order valence-electron chi connectivity index (χ1n) is 13.5. The molecular formula is C31H39ClN5O+. The highest BCUT2D eigenvalue weighted by Gasteiger charge is 2.20. The number of unbranched alkanes of at least 4 members (excludes halogenated alkanes) is 2. The topological polar surface area (TPSA) is 55.7 Å². The van der Waals surface area contributed by atoms with Gasteiger partial charge in [0.2, 0.25) is 0 Å². The average Bonchev–Trinajstić information content (AvgIpc) is 3.46. The van der Waals surface area contributed by atoms with Gasteiger partial charge in [0.1, 0.15) is 11.5 Å². The van der Waals surface area contributed by atoms with E-state index in [-0.39, 0.29) is 5.41 Å². The molecule has 6 nitrogen and oxygen atoms in total. The Kier molecular flexibility index (Phi) is 9.16. The summed E-state index contributed by atoms with van der Waals surface area (Å²) in [5, 5.41) is 2.45. The molecule has 0 radical (unpaired) electrons. The van der Waals surface area contributed by atoms with E-state index in [4.69, 9.17) is 16.6 Å². The molecule has 0 unspecified atom stereocenters. The minimum absolute atomic E-state index is 0.266. The molecule has 200 valence electrons. The summed E-state index contributed by atoms with van der Waals surface area (Å²) >= 11 is 5.96. The van der Waals surface area contributed by atoms with Crippen molar-refractivity contribution >= 4 is 28.4 Å². The van der Waals surface area contributed by atoms with Crippen LogP contribution < -0.4 is 0 Å². The van der Waals surface area contributed by atoms with Gasteiger partial charge < -0.3 is 9.13 Å². The molecule has 7 heteroatoms. The lowest BCUT2D eigenvalue weighted by atomic mass is 9.90. The summed E-state index contributed by atoms with van der Waals surface area (Å²) in [7, 11) is 1.57. The molecule has 0 aliphatic heterocycles. The van der Waals surface area contributed by atoms with Gasteiger partial charge in [-0.2, -0.15) is 0 Å². The predicted molar refractivity (Wildman–Crippen MR) is 158 cm³/mol. The molecule has 0 aliphatic rings. The van der Waals surface area contributed by atoms with Crippen LogP contribution in [-0.4, -0.2) is 37.5 Å². The molecule has 0 amide bonds. The largest absolute Gasteiger partial charge is 0.323 e. The number of rotatable bonds is 12. The van der Waals surface area contributed by atoms with Crippen LogP contribution in [0.1, 0.15) is 58.7 Å². The SMILES string of the molecule is C[N+](=O)CCCCCn1c(-c2ncc(-c3ccc4ccccc4c3)n2CCCC(C)(C)C)cnc1/C=C\Cl. The van der Waals surface area contributed by atoms with Gasteiger partial charge in [0.25, 0.3) is 0 Å². The van der Waals surface area contributed by atoms with Gasteiger partial charge in [-0.1, -0.05) is 68.8 Å². The predicted octanol–water partition coefficient (Wildman–Crippen LogP) is 8.18. The number of aromatic nitrogens is 4. The summed E-state index contributed by atoms with van der Waals surface area (Å²) in [5.41, 5.74) is 5.03. The van der Waals surface area contributed by atoms with Crippen molar-refractivity contribution in [2.75, 3.05) is 13.6 Å². The smallest absolute Gasteiger partial charge is 0.191 e. The van der Waals surface area contributed by atoms with Crippen LogP contribution in [0, 0.1) is 10.3 Å². The fourth-order valence-electron chi connectivity index (χ4n) is 4.93. The van der Waals surface area contributed by atoms with Crippen molar-refractivity contribution in [1.82, 2.24) is 19.1 Å². The van der Waals surface area contributed by atoms with Crippen LogP contribution in [0.2, 0.25) is 0 Å². The number of nitroso groups, excluding NO2 is 1. The summed E-state index contributed by atoms with van der Waals surface area (Å²) in [5.74, 6) is 1.73. The highest BCUT2D eigenvalue weighted by atomic mass is 35.5. The Morgan fingerprint density at radius 3 is 2.37 bits per heavy atom. The molecule has 38 heavy (non-hydrogen) atoms. The van der Waals surface area contributed by atoms with Gasteiger partial charge in [-0.05, 0) is 58.8 Å². The van der Waals surface area contributed by atoms with E-state index in [0.717, 1.165) is 78.6 Å². The minimum atomic E-state index is 0.266. The molecule has 4 aromatic rings. The number of fused-ring (bicyclic) bond motifs is 1. The van der Waals surface area contributed by atoms with Crippen LogP contribution in [-0.2, 0) is 13.1 Å². The third-order valence-electron chi connectivity index (χ3n) is 6.89. The second-order valence-electron chi connectivity index (χ2n) is 11.2. The van der Waals surface area contributed by atoms with Crippen LogP contribution >= 0.6 is 11.6 Å². The summed E-state index contributed by atoms with van der Waals surface area (Å²) in [4.78, 5) is 20.9. The maximum Gasteiger partial charge on any atom is 0.191 e. The number of imidazole rings is 2. The molecule has 2 aromatic carbocycles. The Bertz CT molecular complexity index is 1410. The summed E-state index contributed by atoms with van der Waals surface area (Å²) < 4.78 is 5.55. The molecular weight excluding hydrogens is 494 g/mol. The van der Waals surface area contributed by atoms with E-state index in [1.807, 2.05) is 18.5 Å². The standard InChI is InChI=1S/C31H39ClN5O/c1-31(2,3)16-10-20-37-27(26-14-13-24-11-6-7-12-25(24)21-26)22-34-30(37)28-23-33-29(15-17-32)36(28)19-9-5-8-18-35(4)38/h6-7,11-15,17,21-23H,5,8-10,16,18-20H2,1-4H3/q+1/b17-15-. The van der Waals surface area contributed by atoms with E-state index >= 15 is 0 Å². The van der Waals surface area contributed by atoms with Gasteiger partial charge in [-0.15, -0.1) is 0 Å². The lowest BCUT2D eigenvalue weighted by Crippen LogP contribution is -2.11. The zero-order valence-corrected chi connectivity index (χ0v) is 23.8. The molecule has 0 fully saturated rings. The average molecular weight is 533 g/mol. The van der Waals surface area contributed by atoms with Crippen LogP contribution in [0.3, 0.4) is 0 Å². The summed E-state index contributed by atoms with van der Waals surface area (Å²) in [6.45, 7) is 9.08. The molecule has 2 aromatic heterocycles. The van der Waals surface area contributed by atoms with E-state index in [2.05, 4.69) is 77.4 Å². The molecule has 0 aliphatic carbocycles. The highest BCUT2D eigenvalue weighted by molar-refractivity contribution is 6.27. The molecule has 4 rings (SSSR count). The fraction of sp³-hybridized carbons (Fsp3) is 0.419. The lowest BCUT2D eigenvalue weighted by molar-refractivity contribution is -0.519. The van der Waals surface area contributed by atoms with Gasteiger partial charge in [0.05, 0.1) is 18.1 Å². The van der Waals surface area contributed by atoms with Gasteiger partial charge in [-0.25, -0.2) is 9.97 Å². The van der Waals surface area contributed by atoms with E-state index in [1.54, 1.807) is 7.05 Å². The fourth-order valence-corrected chi connectivity index (χ4v) is 5.04. The third kappa shape index (κ3) is 6.98. The van der Waals surface area contributed by atoms with E-state index in [1.165, 1.54) is 16.3 Å². The molecule has 0 atom stereocenters. The molecule has 2 heterocycles. The number of hydrogen-bond donors (Lipinski definition) is 0. The first kappa shape index (κ1) is 27.8. The second kappa shape index (κ2) is 12.5. The number of halogens is 1. The molecule has 0 saturated carbocycles. The van der Waals surface area contributed by atoms with Crippen LogP contribution in [0.15, 0.2) is 60.4 Å². The number of hydrogen-bond acceptors (Lipinski definition) is 3. The third-order valence-corrected chi connectivity index (χ3v) is 7.02. The molecule has 0 saturated heterocycles. The van der Waals surface area contributed by atoms with Crippen molar-refractivity contribution in [3.05, 3.63) is 71.1 Å². The van der Waals surface area contributed by atoms with Gasteiger partial charge in [0, 0.05) is 35.5 Å². The molecule has 0 N–H and O–H groups in total. The van der Waals surface area contributed by atoms with Crippen molar-refractivity contribution in [3.8, 4) is 22.8 Å². The first-order chi connectivity index (χ1) is 18.3. The normalized spacial score (nSPS) is 12.1. The van der Waals surface area contributed by atoms with E-state index in [0.29, 0.717) is 6.54 Å². The number of nitrogens with zero attached hydrogens (tertiary/aromatic N) is 5. The summed E-state index contributed by atoms with van der Waals surface area (Å²) in [6.07, 6.45) is 10.7. The summed E-state index contributed by atoms with van der Waals surface area (Å²) in [6, 6.07) is 15.1. The van der Waals surface area contributed by atoms with E-state index < -0.39 is 0 Å². The Labute approximate surface area is 230 Å². The molecule has 0 bridgehead atoms. The van der Waals surface area contributed by atoms with Crippen molar-refractivity contribution in [2.24, 2.45) is 5.41 Å². The Morgan fingerprint density at radius 2 is 1.63 bits per heavy atom. The van der Waals surface area contributed by atoms with Crippen LogP contribution in [0.4, 0.5) is 0 Å². The number of benzene rings is 2. The second-order valence-corrected chi connectivity index (χ2v) is 11.5. The maximum absolute atomic E-state index is 11.3. The van der Waals surface area contributed by atoms with Crippen molar-refractivity contribution in [2.45, 2.75) is 66.0 Å². The quantitative estimate of drug-likeness (QED) is 0.136. The van der Waals surface area contributed by atoms with Crippen LogP contribution in [0.5, 0.6) is 0 Å². The zero-order valence-electron chi connectivity index (χ0n) is 23.0. The van der Waals surface area contributed by atoms with Crippen molar-refractivity contribution in [3.63, 3.8) is 0 Å². The maximum atomic E-state index is 11.3. The minimum Gasteiger partial charge on any atom is -0.323 e. The van der Waals surface area contributed by atoms with Gasteiger partial charge >= 0.3 is 0 Å². The monoisotopic (exact) mass is 532 g/mol. The van der Waals surface area contributed by atoms with Crippen molar-refractivity contribution < 1.29 is 4.76 Å². The Morgan fingerprint density at radius 1 is 0.895 bits per heavy atom. The highest BCUT2D eigenvalue weighted by Crippen LogP contribution is 2.31. The van der Waals surface area contributed by atoms with Crippen molar-refractivity contribution in [1.29, 1.82) is 0 Å². The van der Waals surface area contributed by atoms with Gasteiger partial charge in [-0.3, -0.25) is 0 Å². The first-order valence-corrected chi connectivity index (χ1v) is 14.0. The molecule has 0 spiro atoms. The Balaban J connectivity index is 1.71. The van der Waals surface area contributed by atoms with Crippen LogP contribution in [0.25, 0.3) is 39.6 Å². The lowest BCUT2D eigenvalue weighted by Gasteiger charge is -2.20. The Hall–Kier alpha value is -3.25. The zero-order chi connectivity index (χ0) is 27.1. The van der Waals surface area contributed by atoms with E-state index in [9.17, 15) is 4.91 Å².